The van der Waals surface area contributed by atoms with E-state index in [1.165, 1.54) is 0 Å². The van der Waals surface area contributed by atoms with Crippen molar-refractivity contribution in [2.45, 2.75) is 116 Å². The van der Waals surface area contributed by atoms with Gasteiger partial charge in [-0.05, 0) is 38.5 Å². The molecule has 0 fully saturated rings. The molecule has 0 unspecified atom stereocenters. The highest BCUT2D eigenvalue weighted by Gasteiger charge is 2.19. The van der Waals surface area contributed by atoms with E-state index in [0.29, 0.717) is 25.7 Å². The maximum Gasteiger partial charge on any atom is 0.332 e. The zero-order valence-corrected chi connectivity index (χ0v) is 18.7. The number of hydrogen-bond donors (Lipinski definition) is 4. The molecule has 176 valence electrons. The van der Waals surface area contributed by atoms with E-state index in [-0.39, 0.29) is 24.4 Å². The van der Waals surface area contributed by atoms with Crippen LogP contribution in [0.1, 0.15) is 116 Å². The second-order valence-corrected chi connectivity index (χ2v) is 8.17. The Balaban J connectivity index is 4.18. The summed E-state index contributed by atoms with van der Waals surface area (Å²) in [6, 6.07) is 0. The second kappa shape index (κ2) is 20.9. The number of carbonyl (C=O) groups is 2. The Labute approximate surface area is 182 Å². The van der Waals surface area contributed by atoms with Crippen LogP contribution in [0, 0.1) is 0 Å². The van der Waals surface area contributed by atoms with Crippen LogP contribution in [-0.2, 0) is 9.59 Å². The van der Waals surface area contributed by atoms with Crippen molar-refractivity contribution in [1.82, 2.24) is 0 Å². The van der Waals surface area contributed by atoms with Crippen molar-refractivity contribution in [3.05, 3.63) is 11.1 Å². The molecule has 0 spiro atoms. The number of rotatable bonds is 22. The monoisotopic (exact) mass is 428 g/mol. The SMILES string of the molecule is O=C(O)C(CCCCCCCCCCO)=C(CCCCCCCCCCO)C(=O)O. The van der Waals surface area contributed by atoms with Crippen molar-refractivity contribution in [2.24, 2.45) is 0 Å². The van der Waals surface area contributed by atoms with Gasteiger partial charge in [-0.25, -0.2) is 9.59 Å². The first-order chi connectivity index (χ1) is 14.5. The van der Waals surface area contributed by atoms with Gasteiger partial charge in [0.15, 0.2) is 0 Å². The molecule has 4 N–H and O–H groups in total. The lowest BCUT2D eigenvalue weighted by Gasteiger charge is -2.09. The summed E-state index contributed by atoms with van der Waals surface area (Å²) in [4.78, 5) is 23.2. The van der Waals surface area contributed by atoms with Gasteiger partial charge in [0.1, 0.15) is 0 Å². The molecule has 0 aliphatic carbocycles. The Morgan fingerprint density at radius 1 is 0.400 bits per heavy atom. The van der Waals surface area contributed by atoms with Crippen LogP contribution in [0.4, 0.5) is 0 Å². The Bertz CT molecular complexity index is 430. The zero-order valence-electron chi connectivity index (χ0n) is 18.7. The van der Waals surface area contributed by atoms with E-state index in [0.717, 1.165) is 89.9 Å². The topological polar surface area (TPSA) is 115 Å². The lowest BCUT2D eigenvalue weighted by Crippen LogP contribution is -2.12. The van der Waals surface area contributed by atoms with Crippen LogP contribution in [0.25, 0.3) is 0 Å². The first-order valence-corrected chi connectivity index (χ1v) is 11.9. The van der Waals surface area contributed by atoms with Crippen LogP contribution >= 0.6 is 0 Å². The van der Waals surface area contributed by atoms with Crippen LogP contribution in [0.5, 0.6) is 0 Å². The van der Waals surface area contributed by atoms with Gasteiger partial charge in [0.05, 0.1) is 0 Å². The lowest BCUT2D eigenvalue weighted by molar-refractivity contribution is -0.136. The molecule has 0 heterocycles. The highest BCUT2D eigenvalue weighted by Crippen LogP contribution is 2.21. The number of carboxylic acids is 2. The van der Waals surface area contributed by atoms with Gasteiger partial charge in [0, 0.05) is 24.4 Å². The summed E-state index contributed by atoms with van der Waals surface area (Å²) in [6.45, 7) is 0.503. The Hall–Kier alpha value is -1.40. The summed E-state index contributed by atoms with van der Waals surface area (Å²) in [6.07, 6.45) is 16.5. The van der Waals surface area contributed by atoms with Gasteiger partial charge < -0.3 is 20.4 Å². The molecule has 0 aromatic heterocycles. The fourth-order valence-corrected chi connectivity index (χ4v) is 3.72. The summed E-state index contributed by atoms with van der Waals surface area (Å²) in [5.41, 5.74) is 0.156. The number of aliphatic hydroxyl groups is 2. The third kappa shape index (κ3) is 16.4. The van der Waals surface area contributed by atoms with Gasteiger partial charge in [-0.3, -0.25) is 0 Å². The molecule has 0 aromatic carbocycles. The fourth-order valence-electron chi connectivity index (χ4n) is 3.72. The Kier molecular flexibility index (Phi) is 19.9. The van der Waals surface area contributed by atoms with Gasteiger partial charge in [-0.1, -0.05) is 77.0 Å². The van der Waals surface area contributed by atoms with Crippen LogP contribution in [0.3, 0.4) is 0 Å². The summed E-state index contributed by atoms with van der Waals surface area (Å²) < 4.78 is 0. The summed E-state index contributed by atoms with van der Waals surface area (Å²) in [5.74, 6) is -2.19. The standard InChI is InChI=1S/C24H44O6/c25-19-15-11-7-3-1-5-9-13-17-21(23(27)28)22(24(29)30)18-14-10-6-2-4-8-12-16-20-26/h25-26H,1-20H2,(H,27,28)(H,29,30). The van der Waals surface area contributed by atoms with E-state index >= 15 is 0 Å². The Morgan fingerprint density at radius 2 is 0.633 bits per heavy atom. The molecule has 0 saturated carbocycles. The van der Waals surface area contributed by atoms with Gasteiger partial charge in [-0.2, -0.15) is 0 Å². The van der Waals surface area contributed by atoms with Crippen molar-refractivity contribution in [2.75, 3.05) is 13.2 Å². The highest BCUT2D eigenvalue weighted by molar-refractivity contribution is 5.98. The van der Waals surface area contributed by atoms with E-state index in [4.69, 9.17) is 10.2 Å². The molecule has 0 saturated heterocycles. The van der Waals surface area contributed by atoms with Crippen LogP contribution < -0.4 is 0 Å². The molecule has 6 nitrogen and oxygen atoms in total. The average Bonchev–Trinajstić information content (AvgIpc) is 2.71. The molecule has 0 aromatic rings. The molecule has 6 heteroatoms. The third-order valence-electron chi connectivity index (χ3n) is 5.55. The zero-order chi connectivity index (χ0) is 22.5. The molecule has 0 atom stereocenters. The van der Waals surface area contributed by atoms with Crippen LogP contribution in [0.2, 0.25) is 0 Å². The summed E-state index contributed by atoms with van der Waals surface area (Å²) in [7, 11) is 0. The van der Waals surface area contributed by atoms with Crippen molar-refractivity contribution in [1.29, 1.82) is 0 Å². The number of hydrogen-bond acceptors (Lipinski definition) is 4. The predicted molar refractivity (Wildman–Crippen MR) is 120 cm³/mol. The van der Waals surface area contributed by atoms with E-state index < -0.39 is 11.9 Å². The smallest absolute Gasteiger partial charge is 0.332 e. The molecule has 0 amide bonds. The van der Waals surface area contributed by atoms with E-state index in [2.05, 4.69) is 0 Å². The van der Waals surface area contributed by atoms with Crippen molar-refractivity contribution in [3.8, 4) is 0 Å². The molecule has 0 radical (unpaired) electrons. The van der Waals surface area contributed by atoms with Crippen LogP contribution in [0.15, 0.2) is 11.1 Å². The molecule has 0 aliphatic heterocycles. The molecule has 0 aliphatic rings. The molecular weight excluding hydrogens is 384 g/mol. The lowest BCUT2D eigenvalue weighted by atomic mass is 9.96. The van der Waals surface area contributed by atoms with Gasteiger partial charge in [0.2, 0.25) is 0 Å². The first kappa shape index (κ1) is 28.6. The average molecular weight is 429 g/mol. The largest absolute Gasteiger partial charge is 0.478 e. The van der Waals surface area contributed by atoms with Gasteiger partial charge >= 0.3 is 11.9 Å². The normalized spacial score (nSPS) is 12.1. The Morgan fingerprint density at radius 3 is 0.867 bits per heavy atom. The van der Waals surface area contributed by atoms with Crippen molar-refractivity contribution >= 4 is 11.9 Å². The highest BCUT2D eigenvalue weighted by atomic mass is 16.4. The molecule has 30 heavy (non-hydrogen) atoms. The van der Waals surface area contributed by atoms with E-state index in [1.54, 1.807) is 0 Å². The number of aliphatic hydroxyl groups excluding tert-OH is 2. The van der Waals surface area contributed by atoms with Gasteiger partial charge in [-0.15, -0.1) is 0 Å². The van der Waals surface area contributed by atoms with Gasteiger partial charge in [0.25, 0.3) is 0 Å². The van der Waals surface area contributed by atoms with Crippen molar-refractivity contribution < 1.29 is 30.0 Å². The molecule has 0 rings (SSSR count). The first-order valence-electron chi connectivity index (χ1n) is 11.9. The third-order valence-corrected chi connectivity index (χ3v) is 5.55. The van der Waals surface area contributed by atoms with Crippen LogP contribution in [-0.4, -0.2) is 45.6 Å². The minimum atomic E-state index is -1.10. The summed E-state index contributed by atoms with van der Waals surface area (Å²) in [5, 5.41) is 36.5. The maximum atomic E-state index is 11.6. The minimum Gasteiger partial charge on any atom is -0.478 e. The molecule has 0 bridgehead atoms. The number of aliphatic carboxylic acids is 2. The van der Waals surface area contributed by atoms with Crippen molar-refractivity contribution in [3.63, 3.8) is 0 Å². The second-order valence-electron chi connectivity index (χ2n) is 8.17. The number of carboxylic acid groups (broad SMARTS) is 2. The maximum absolute atomic E-state index is 11.6. The predicted octanol–water partition coefficient (Wildman–Crippen LogP) is 5.46. The molecular formula is C24H44O6. The fraction of sp³-hybridized carbons (Fsp3) is 0.833. The minimum absolute atomic E-state index is 0.0782. The van der Waals surface area contributed by atoms with E-state index in [1.807, 2.05) is 0 Å². The quantitative estimate of drug-likeness (QED) is 0.134. The summed E-state index contributed by atoms with van der Waals surface area (Å²) >= 11 is 0. The van der Waals surface area contributed by atoms with E-state index in [9.17, 15) is 19.8 Å². The number of unbranched alkanes of at least 4 members (excludes halogenated alkanes) is 14.